The van der Waals surface area contributed by atoms with Crippen molar-refractivity contribution in [3.8, 4) is 11.5 Å². The zero-order valence-electron chi connectivity index (χ0n) is 20.3. The largest absolute Gasteiger partial charge is 0.489 e. The second-order valence-corrected chi connectivity index (χ2v) is 10.5. The van der Waals surface area contributed by atoms with Crippen molar-refractivity contribution in [2.24, 2.45) is 0 Å². The number of aryl methyl sites for hydroxylation is 1. The first-order valence-electron chi connectivity index (χ1n) is 11.2. The molecule has 3 aromatic carbocycles. The number of hydrogen-bond acceptors (Lipinski definition) is 3. The highest BCUT2D eigenvalue weighted by Crippen LogP contribution is 2.29. The minimum Gasteiger partial charge on any atom is -0.489 e. The maximum atomic E-state index is 11.1. The van der Waals surface area contributed by atoms with E-state index in [0.29, 0.717) is 18.1 Å². The summed E-state index contributed by atoms with van der Waals surface area (Å²) in [6.45, 7) is 10.4. The molecule has 0 bridgehead atoms. The first-order chi connectivity index (χ1) is 16.0. The Hall–Kier alpha value is -2.80. The number of carbonyl (C=O) groups is 1. The number of rotatable bonds is 8. The van der Waals surface area contributed by atoms with Crippen LogP contribution < -0.4 is 9.47 Å². The molecule has 3 rings (SSSR count). The van der Waals surface area contributed by atoms with Crippen molar-refractivity contribution in [2.75, 3.05) is 6.61 Å². The summed E-state index contributed by atoms with van der Waals surface area (Å²) in [5.41, 5.74) is 5.61. The van der Waals surface area contributed by atoms with Gasteiger partial charge in [0.1, 0.15) is 18.1 Å². The van der Waals surface area contributed by atoms with Gasteiger partial charge < -0.3 is 14.6 Å². The van der Waals surface area contributed by atoms with Crippen LogP contribution in [0.15, 0.2) is 72.8 Å². The normalized spacial score (nSPS) is 12.8. The van der Waals surface area contributed by atoms with E-state index in [1.54, 1.807) is 12.1 Å². The number of ether oxygens (including phenoxy) is 2. The fraction of sp³-hybridized carbons (Fsp3) is 0.276. The molecule has 0 aromatic heterocycles. The molecule has 0 aliphatic carbocycles. The Bertz CT molecular complexity index is 1160. The molecule has 0 fully saturated rings. The van der Waals surface area contributed by atoms with Crippen LogP contribution >= 0.6 is 22.6 Å². The summed E-state index contributed by atoms with van der Waals surface area (Å²) in [5, 5.41) is 9.06. The Kier molecular flexibility index (Phi) is 8.42. The average Bonchev–Trinajstić information content (AvgIpc) is 2.78. The lowest BCUT2D eigenvalue weighted by Crippen LogP contribution is -2.23. The van der Waals surface area contributed by atoms with Crippen LogP contribution in [0.2, 0.25) is 0 Å². The molecule has 0 spiro atoms. The van der Waals surface area contributed by atoms with Crippen molar-refractivity contribution in [3.63, 3.8) is 0 Å². The minimum atomic E-state index is -0.997. The zero-order chi connectivity index (χ0) is 24.9. The number of aliphatic carboxylic acids is 1. The number of benzene rings is 3. The maximum absolute atomic E-state index is 11.1. The van der Waals surface area contributed by atoms with Crippen molar-refractivity contribution in [2.45, 2.75) is 46.1 Å². The Labute approximate surface area is 215 Å². The van der Waals surface area contributed by atoms with Gasteiger partial charge in [0.25, 0.3) is 0 Å². The third-order valence-electron chi connectivity index (χ3n) is 5.55. The molecule has 0 saturated carbocycles. The summed E-state index contributed by atoms with van der Waals surface area (Å²) in [5.74, 6) is 0.244. The number of halogens is 1. The van der Waals surface area contributed by atoms with E-state index in [9.17, 15) is 4.79 Å². The molecule has 0 amide bonds. The lowest BCUT2D eigenvalue weighted by atomic mass is 9.85. The van der Waals surface area contributed by atoms with Gasteiger partial charge in [-0.15, -0.1) is 0 Å². The number of carboxylic acids is 1. The lowest BCUT2D eigenvalue weighted by Gasteiger charge is -2.19. The van der Waals surface area contributed by atoms with Crippen LogP contribution in [0.1, 0.15) is 49.9 Å². The van der Waals surface area contributed by atoms with E-state index >= 15 is 0 Å². The summed E-state index contributed by atoms with van der Waals surface area (Å²) in [4.78, 5) is 11.1. The van der Waals surface area contributed by atoms with Crippen molar-refractivity contribution >= 4 is 34.1 Å². The summed E-state index contributed by atoms with van der Waals surface area (Å²) in [6.07, 6.45) is 1.19. The molecule has 3 aromatic rings. The van der Waals surface area contributed by atoms with Crippen molar-refractivity contribution in [3.05, 3.63) is 98.6 Å². The molecule has 178 valence electrons. The van der Waals surface area contributed by atoms with Gasteiger partial charge >= 0.3 is 5.97 Å². The van der Waals surface area contributed by atoms with Crippen LogP contribution in [-0.2, 0) is 10.2 Å². The maximum Gasteiger partial charge on any atom is 0.344 e. The molecular formula is C29H31IO4. The van der Waals surface area contributed by atoms with Crippen molar-refractivity contribution in [1.82, 2.24) is 0 Å². The second kappa shape index (κ2) is 11.1. The van der Waals surface area contributed by atoms with Gasteiger partial charge in [-0.1, -0.05) is 57.2 Å². The highest BCUT2D eigenvalue weighted by atomic mass is 127. The summed E-state index contributed by atoms with van der Waals surface area (Å²) in [7, 11) is 0. The molecule has 5 heteroatoms. The summed E-state index contributed by atoms with van der Waals surface area (Å²) >= 11 is 2.31. The predicted octanol–water partition coefficient (Wildman–Crippen LogP) is 7.26. The highest BCUT2D eigenvalue weighted by Gasteiger charge is 2.15. The average molecular weight is 570 g/mol. The molecule has 0 saturated heterocycles. The van der Waals surface area contributed by atoms with Gasteiger partial charge in [0.15, 0.2) is 6.10 Å². The highest BCUT2D eigenvalue weighted by molar-refractivity contribution is 14.1. The zero-order valence-corrected chi connectivity index (χ0v) is 22.4. The van der Waals surface area contributed by atoms with E-state index < -0.39 is 12.1 Å². The fourth-order valence-electron chi connectivity index (χ4n) is 3.49. The summed E-state index contributed by atoms with van der Waals surface area (Å²) < 4.78 is 12.7. The molecule has 4 nitrogen and oxygen atoms in total. The van der Waals surface area contributed by atoms with Crippen molar-refractivity contribution < 1.29 is 19.4 Å². The Morgan fingerprint density at radius 1 is 1.00 bits per heavy atom. The Morgan fingerprint density at radius 2 is 1.59 bits per heavy atom. The monoisotopic (exact) mass is 570 g/mol. The third-order valence-corrected chi connectivity index (χ3v) is 6.27. The van der Waals surface area contributed by atoms with Crippen LogP contribution in [0.25, 0.3) is 5.57 Å². The third kappa shape index (κ3) is 6.86. The molecule has 0 radical (unpaired) electrons. The fourth-order valence-corrected chi connectivity index (χ4v) is 3.85. The van der Waals surface area contributed by atoms with E-state index in [0.717, 1.165) is 22.3 Å². The first kappa shape index (κ1) is 25.8. The first-order valence-corrected chi connectivity index (χ1v) is 12.3. The van der Waals surface area contributed by atoms with Crippen LogP contribution in [0, 0.1) is 10.5 Å². The van der Waals surface area contributed by atoms with Gasteiger partial charge in [0.2, 0.25) is 0 Å². The molecule has 1 N–H and O–H groups in total. The van der Waals surface area contributed by atoms with Gasteiger partial charge in [-0.05, 0) is 106 Å². The lowest BCUT2D eigenvalue weighted by molar-refractivity contribution is -0.144. The minimum absolute atomic E-state index is 0.102. The van der Waals surface area contributed by atoms with E-state index in [-0.39, 0.29) is 5.41 Å². The Balaban J connectivity index is 1.81. The smallest absolute Gasteiger partial charge is 0.344 e. The molecule has 0 heterocycles. The topological polar surface area (TPSA) is 55.8 Å². The van der Waals surface area contributed by atoms with Crippen LogP contribution in [0.5, 0.6) is 11.5 Å². The van der Waals surface area contributed by atoms with E-state index in [1.807, 2.05) is 13.0 Å². The van der Waals surface area contributed by atoms with E-state index in [1.165, 1.54) is 16.1 Å². The number of hydrogen-bond donors (Lipinski definition) is 1. The summed E-state index contributed by atoms with van der Waals surface area (Å²) in [6, 6.07) is 22.6. The van der Waals surface area contributed by atoms with E-state index in [4.69, 9.17) is 14.6 Å². The SMILES string of the molecule is Cc1cc(OCC=C(c2ccc(I)cc2)c2ccc(C(C)(C)C)cc2)ccc1OC(C)C(=O)O. The van der Waals surface area contributed by atoms with Gasteiger partial charge in [0, 0.05) is 3.57 Å². The Morgan fingerprint density at radius 3 is 2.12 bits per heavy atom. The second-order valence-electron chi connectivity index (χ2n) is 9.29. The van der Waals surface area contributed by atoms with Crippen LogP contribution in [-0.4, -0.2) is 23.8 Å². The van der Waals surface area contributed by atoms with Gasteiger partial charge in [-0.25, -0.2) is 4.79 Å². The molecule has 34 heavy (non-hydrogen) atoms. The van der Waals surface area contributed by atoms with Gasteiger partial charge in [0.05, 0.1) is 0 Å². The van der Waals surface area contributed by atoms with Crippen molar-refractivity contribution in [1.29, 1.82) is 0 Å². The van der Waals surface area contributed by atoms with Crippen LogP contribution in [0.3, 0.4) is 0 Å². The number of carboxylic acid groups (broad SMARTS) is 1. The predicted molar refractivity (Wildman–Crippen MR) is 146 cm³/mol. The quantitative estimate of drug-likeness (QED) is 0.290. The molecule has 1 atom stereocenters. The van der Waals surface area contributed by atoms with Gasteiger partial charge in [-0.3, -0.25) is 0 Å². The van der Waals surface area contributed by atoms with Gasteiger partial charge in [-0.2, -0.15) is 0 Å². The molecule has 0 aliphatic rings. The van der Waals surface area contributed by atoms with Crippen LogP contribution in [0.4, 0.5) is 0 Å². The van der Waals surface area contributed by atoms with E-state index in [2.05, 4.69) is 98.0 Å². The standard InChI is InChI=1S/C29H31IO4/c1-19-18-25(14-15-27(19)34-20(2)28(31)32)33-17-16-26(22-8-12-24(30)13-9-22)21-6-10-23(11-7-21)29(3,4)5/h6-16,18,20H,17H2,1-5H3,(H,31,32). The molecular weight excluding hydrogens is 539 g/mol. The molecule has 0 aliphatic heterocycles. The molecule has 1 unspecified atom stereocenters.